The quantitative estimate of drug-likeness (QED) is 0.145. The van der Waals surface area contributed by atoms with Crippen LogP contribution in [0.25, 0.3) is 154 Å². The molecule has 4 aliphatic rings. The zero-order chi connectivity index (χ0) is 82.7. The molecule has 0 bridgehead atoms. The fourth-order valence-corrected chi connectivity index (χ4v) is 22.2. The summed E-state index contributed by atoms with van der Waals surface area (Å²) in [5, 5.41) is 19.2. The number of fused-ring (bicyclic) bond motifs is 32. The highest BCUT2D eigenvalue weighted by atomic mass is 79.9. The minimum Gasteiger partial charge on any atom is -0.355 e. The molecule has 1 N–H and O–H groups in total. The van der Waals surface area contributed by atoms with Gasteiger partial charge in [0.15, 0.2) is 0 Å². The maximum Gasteiger partial charge on any atom is 0.0726 e. The summed E-state index contributed by atoms with van der Waals surface area (Å²) in [6.45, 7) is 0. The molecule has 4 aliphatic carbocycles. The van der Waals surface area contributed by atoms with Gasteiger partial charge in [0.2, 0.25) is 0 Å². The van der Waals surface area contributed by atoms with E-state index in [9.17, 15) is 0 Å². The van der Waals surface area contributed by atoms with Gasteiger partial charge >= 0.3 is 0 Å². The Morgan fingerprint density at radius 3 is 0.880 bits per heavy atom. The molecule has 0 amide bonds. The van der Waals surface area contributed by atoms with Crippen molar-refractivity contribution in [3.8, 4) is 89.0 Å². The van der Waals surface area contributed by atoms with Gasteiger partial charge in [-0.15, -0.1) is 0 Å². The first-order valence-corrected chi connectivity index (χ1v) is 44.0. The molecule has 2 nitrogen and oxygen atoms in total. The van der Waals surface area contributed by atoms with Gasteiger partial charge in [0, 0.05) is 38.2 Å². The average molecular weight is 1650 g/mol. The molecule has 22 aromatic carbocycles. The van der Waals surface area contributed by atoms with Crippen LogP contribution in [0.5, 0.6) is 0 Å². The molecule has 0 fully saturated rings. The van der Waals surface area contributed by atoms with E-state index >= 15 is 0 Å². The molecule has 22 aromatic rings. The Balaban J connectivity index is 0.000000124. The third kappa shape index (κ3) is 11.5. The van der Waals surface area contributed by atoms with Crippen molar-refractivity contribution in [1.29, 1.82) is 0 Å². The summed E-state index contributed by atoms with van der Waals surface area (Å²) in [6, 6.07) is 174. The minimum atomic E-state index is -0.494. The van der Waals surface area contributed by atoms with Crippen LogP contribution in [-0.4, -0.2) is 0 Å². The third-order valence-corrected chi connectivity index (χ3v) is 27.5. The van der Waals surface area contributed by atoms with Gasteiger partial charge in [-0.05, 0) is 242 Å². The second-order valence-corrected chi connectivity index (χ2v) is 34.1. The molecule has 0 atom stereocenters. The Labute approximate surface area is 735 Å². The summed E-state index contributed by atoms with van der Waals surface area (Å²) in [6.07, 6.45) is 0. The average Bonchev–Trinajstić information content (AvgIpc) is 1.51. The van der Waals surface area contributed by atoms with E-state index in [1.54, 1.807) is 0 Å². The molecule has 0 heterocycles. The lowest BCUT2D eigenvalue weighted by Gasteiger charge is -2.34. The molecular weight excluding hydrogens is 1570 g/mol. The van der Waals surface area contributed by atoms with E-state index in [1.165, 1.54) is 198 Å². The van der Waals surface area contributed by atoms with Crippen LogP contribution in [0.1, 0.15) is 44.5 Å². The van der Waals surface area contributed by atoms with Gasteiger partial charge in [-0.25, -0.2) is 0 Å². The zero-order valence-electron chi connectivity index (χ0n) is 68.4. The van der Waals surface area contributed by atoms with Crippen LogP contribution in [0.15, 0.2) is 478 Å². The Hall–Kier alpha value is -15.5. The van der Waals surface area contributed by atoms with Crippen molar-refractivity contribution in [3.05, 3.63) is 522 Å². The maximum absolute atomic E-state index is 3.99. The zero-order valence-corrected chi connectivity index (χ0v) is 69.9. The lowest BCUT2D eigenvalue weighted by Crippen LogP contribution is -2.26. The predicted molar refractivity (Wildman–Crippen MR) is 531 cm³/mol. The van der Waals surface area contributed by atoms with Crippen LogP contribution < -0.4 is 10.2 Å². The first kappa shape index (κ1) is 73.4. The number of hydrogen-bond acceptors (Lipinski definition) is 2. The number of para-hydroxylation sites is 1. The number of halogens is 1. The second-order valence-electron chi connectivity index (χ2n) is 33.2. The monoisotopic (exact) mass is 1650 g/mol. The number of benzene rings is 22. The number of anilines is 5. The van der Waals surface area contributed by atoms with E-state index < -0.39 is 10.8 Å². The Bertz CT molecular complexity index is 7930. The van der Waals surface area contributed by atoms with Crippen LogP contribution in [0, 0.1) is 0 Å². The summed E-state index contributed by atoms with van der Waals surface area (Å²) < 4.78 is 1.14. The van der Waals surface area contributed by atoms with Crippen molar-refractivity contribution < 1.29 is 0 Å². The third-order valence-electron chi connectivity index (χ3n) is 26.9. The van der Waals surface area contributed by atoms with Crippen molar-refractivity contribution in [3.63, 3.8) is 0 Å². The van der Waals surface area contributed by atoms with E-state index in [2.05, 4.69) is 481 Å². The lowest BCUT2D eigenvalue weighted by molar-refractivity contribution is 0.794. The largest absolute Gasteiger partial charge is 0.355 e. The standard InChI is InChI=1S/C61H39N.C49H31N.C12H9Br/c1-3-19-40(20-4-1)43-23-14-18-34-59(43)62(42-35-36-48-46-26-8-7-24-44(46)45-25-9-10-27-47(45)53(48)37-42)60-39-58-54(38-52(60)41-21-5-2-6-22-41)51-30-13-17-33-57(51)61(58)55-31-15-11-28-49(55)50-29-12-16-32-56(50)61;1-2-14-31(15-3-1)41-29-43-40-22-10-13-25-46(40)49(44-23-11-8-20-38(44)39-21-9-12-24-45(39)49)47(43)30-48(41)50-32-26-27-37-35-18-5-4-16-33(35)34-17-6-7-19-36(34)42(37)28-32;13-12-9-5-4-8-11(12)10-6-2-1-3-7-10/h1-39H;1-30,50H;1-9H. The number of rotatable bonds is 9. The summed E-state index contributed by atoms with van der Waals surface area (Å²) in [7, 11) is 0. The number of nitrogens with zero attached hydrogens (tertiary/aromatic N) is 1. The first-order chi connectivity index (χ1) is 62.0. The molecule has 0 aliphatic heterocycles. The van der Waals surface area contributed by atoms with Crippen LogP contribution in [0.4, 0.5) is 28.4 Å². The van der Waals surface area contributed by atoms with Gasteiger partial charge in [0.25, 0.3) is 0 Å². The van der Waals surface area contributed by atoms with E-state index in [-0.39, 0.29) is 0 Å². The highest BCUT2D eigenvalue weighted by Crippen LogP contribution is 2.67. The molecule has 0 unspecified atom stereocenters. The van der Waals surface area contributed by atoms with E-state index in [0.29, 0.717) is 0 Å². The number of hydrogen-bond donors (Lipinski definition) is 1. The van der Waals surface area contributed by atoms with Crippen molar-refractivity contribution in [2.75, 3.05) is 10.2 Å². The van der Waals surface area contributed by atoms with Crippen LogP contribution >= 0.6 is 15.9 Å². The SMILES string of the molecule is Brc1ccccc1-c1ccccc1.c1ccc(-c2cc3c(cc2Nc2ccc4c5ccccc5c5ccccc5c4c2)C2(c4ccccc4-c4ccccc42)c2ccccc2-3)cc1.c1ccc(-c2ccccc2N(c2ccc3c4ccccc4c4ccccc4c3c2)c2cc3c(cc2-c2ccccc2)-c2ccccc2C32c3ccccc3-c3ccccc32)cc1. The fraction of sp³-hybridized carbons (Fsp3) is 0.0164. The summed E-state index contributed by atoms with van der Waals surface area (Å²) in [4.78, 5) is 2.55. The molecule has 0 saturated heterocycles. The van der Waals surface area contributed by atoms with Gasteiger partial charge in [-0.3, -0.25) is 0 Å². The van der Waals surface area contributed by atoms with Crippen molar-refractivity contribution in [2.24, 2.45) is 0 Å². The van der Waals surface area contributed by atoms with Crippen molar-refractivity contribution in [2.45, 2.75) is 10.8 Å². The summed E-state index contributed by atoms with van der Waals surface area (Å²) in [5.41, 5.74) is 35.4. The van der Waals surface area contributed by atoms with E-state index in [0.717, 1.165) is 32.9 Å². The molecule has 0 aromatic heterocycles. The molecule has 0 radical (unpaired) electrons. The summed E-state index contributed by atoms with van der Waals surface area (Å²) >= 11 is 3.53. The van der Waals surface area contributed by atoms with Gasteiger partial charge in [-0.2, -0.15) is 0 Å². The normalized spacial score (nSPS) is 12.8. The highest BCUT2D eigenvalue weighted by molar-refractivity contribution is 9.10. The van der Waals surface area contributed by atoms with Gasteiger partial charge < -0.3 is 10.2 Å². The van der Waals surface area contributed by atoms with Gasteiger partial charge in [-0.1, -0.05) is 428 Å². The van der Waals surface area contributed by atoms with Crippen LogP contribution in [-0.2, 0) is 10.8 Å². The maximum atomic E-state index is 3.99. The fourth-order valence-electron chi connectivity index (χ4n) is 21.7. The van der Waals surface area contributed by atoms with Crippen LogP contribution in [0.3, 0.4) is 0 Å². The van der Waals surface area contributed by atoms with E-state index in [1.807, 2.05) is 18.2 Å². The molecular formula is C122H79BrN2. The smallest absolute Gasteiger partial charge is 0.0726 e. The Kier molecular flexibility index (Phi) is 17.6. The highest BCUT2D eigenvalue weighted by Gasteiger charge is 2.54. The predicted octanol–water partition coefficient (Wildman–Crippen LogP) is 33.3. The first-order valence-electron chi connectivity index (χ1n) is 43.2. The van der Waals surface area contributed by atoms with Gasteiger partial charge in [0.05, 0.1) is 22.2 Å². The van der Waals surface area contributed by atoms with Gasteiger partial charge in [0.1, 0.15) is 0 Å². The topological polar surface area (TPSA) is 15.3 Å². The lowest BCUT2D eigenvalue weighted by atomic mass is 9.70. The Morgan fingerprint density at radius 2 is 0.464 bits per heavy atom. The molecule has 584 valence electrons. The molecule has 2 spiro atoms. The molecule has 0 saturated carbocycles. The van der Waals surface area contributed by atoms with E-state index in [4.69, 9.17) is 0 Å². The summed E-state index contributed by atoms with van der Waals surface area (Å²) in [5.74, 6) is 0. The Morgan fingerprint density at radius 1 is 0.176 bits per heavy atom. The van der Waals surface area contributed by atoms with Crippen molar-refractivity contribution in [1.82, 2.24) is 0 Å². The second kappa shape index (κ2) is 30.0. The molecule has 3 heteroatoms. The molecule has 125 heavy (non-hydrogen) atoms. The number of nitrogens with one attached hydrogen (secondary N) is 1. The van der Waals surface area contributed by atoms with Crippen molar-refractivity contribution >= 4 is 109 Å². The minimum absolute atomic E-state index is 0.400. The molecule has 26 rings (SSSR count). The van der Waals surface area contributed by atoms with Crippen LogP contribution in [0.2, 0.25) is 0 Å².